The Morgan fingerprint density at radius 3 is 2.35 bits per heavy atom. The minimum absolute atomic E-state index is 0.396. The average molecular weight is 333 g/mol. The van der Waals surface area contributed by atoms with Crippen LogP contribution in [0, 0.1) is 0 Å². The SMILES string of the molecule is CC(C)(C)OC(=O)NCc1ccc(CNCc2cncs2)cc1. The first-order valence-corrected chi connectivity index (χ1v) is 8.43. The molecule has 0 bridgehead atoms. The Labute approximate surface area is 141 Å². The van der Waals surface area contributed by atoms with Gasteiger partial charge in [0.1, 0.15) is 5.60 Å². The summed E-state index contributed by atoms with van der Waals surface area (Å²) in [6.45, 7) is 7.63. The molecule has 1 aromatic carbocycles. The van der Waals surface area contributed by atoms with Gasteiger partial charge in [-0.2, -0.15) is 0 Å². The van der Waals surface area contributed by atoms with E-state index in [0.29, 0.717) is 6.54 Å². The van der Waals surface area contributed by atoms with E-state index in [2.05, 4.69) is 27.8 Å². The van der Waals surface area contributed by atoms with Crippen LogP contribution in [0.5, 0.6) is 0 Å². The van der Waals surface area contributed by atoms with Crippen LogP contribution in [0.4, 0.5) is 4.79 Å². The van der Waals surface area contributed by atoms with Gasteiger partial charge in [-0.3, -0.25) is 4.98 Å². The summed E-state index contributed by atoms with van der Waals surface area (Å²) in [6.07, 6.45) is 1.48. The van der Waals surface area contributed by atoms with Gasteiger partial charge in [0, 0.05) is 30.7 Å². The van der Waals surface area contributed by atoms with Gasteiger partial charge in [-0.1, -0.05) is 24.3 Å². The summed E-state index contributed by atoms with van der Waals surface area (Å²) in [4.78, 5) is 16.9. The Morgan fingerprint density at radius 2 is 1.78 bits per heavy atom. The zero-order chi connectivity index (χ0) is 16.7. The van der Waals surface area contributed by atoms with Crippen molar-refractivity contribution in [2.45, 2.75) is 46.0 Å². The van der Waals surface area contributed by atoms with Crippen LogP contribution in [0.15, 0.2) is 36.0 Å². The van der Waals surface area contributed by atoms with Gasteiger partial charge in [-0.25, -0.2) is 4.79 Å². The molecule has 0 saturated heterocycles. The van der Waals surface area contributed by atoms with Crippen molar-refractivity contribution in [2.75, 3.05) is 0 Å². The molecule has 0 aliphatic carbocycles. The Morgan fingerprint density at radius 1 is 1.13 bits per heavy atom. The molecule has 0 aliphatic rings. The van der Waals surface area contributed by atoms with Crippen molar-refractivity contribution in [1.82, 2.24) is 15.6 Å². The van der Waals surface area contributed by atoms with Crippen LogP contribution in [0.3, 0.4) is 0 Å². The summed E-state index contributed by atoms with van der Waals surface area (Å²) < 4.78 is 5.21. The van der Waals surface area contributed by atoms with Crippen molar-refractivity contribution in [3.05, 3.63) is 52.0 Å². The van der Waals surface area contributed by atoms with Crippen molar-refractivity contribution in [2.24, 2.45) is 0 Å². The lowest BCUT2D eigenvalue weighted by atomic mass is 10.1. The lowest BCUT2D eigenvalue weighted by molar-refractivity contribution is 0.0523. The summed E-state index contributed by atoms with van der Waals surface area (Å²) in [7, 11) is 0. The maximum atomic E-state index is 11.6. The third kappa shape index (κ3) is 6.80. The minimum Gasteiger partial charge on any atom is -0.444 e. The first-order chi connectivity index (χ1) is 10.9. The average Bonchev–Trinajstić information content (AvgIpc) is 2.98. The molecule has 124 valence electrons. The number of nitrogens with zero attached hydrogens (tertiary/aromatic N) is 1. The highest BCUT2D eigenvalue weighted by molar-refractivity contribution is 7.09. The molecular weight excluding hydrogens is 310 g/mol. The van der Waals surface area contributed by atoms with Gasteiger partial charge in [0.2, 0.25) is 0 Å². The summed E-state index contributed by atoms with van der Waals surface area (Å²) in [6, 6.07) is 8.15. The molecule has 1 heterocycles. The van der Waals surface area contributed by atoms with Gasteiger partial charge in [0.15, 0.2) is 0 Å². The number of benzene rings is 1. The second-order valence-electron chi connectivity index (χ2n) is 6.24. The van der Waals surface area contributed by atoms with E-state index >= 15 is 0 Å². The Balaban J connectivity index is 1.72. The smallest absolute Gasteiger partial charge is 0.407 e. The number of amides is 1. The number of alkyl carbamates (subject to hydrolysis) is 1. The molecule has 0 aliphatic heterocycles. The monoisotopic (exact) mass is 333 g/mol. The van der Waals surface area contributed by atoms with Crippen LogP contribution in [0.2, 0.25) is 0 Å². The Bertz CT molecular complexity index is 604. The number of nitrogens with one attached hydrogen (secondary N) is 2. The summed E-state index contributed by atoms with van der Waals surface area (Å²) in [5, 5.41) is 6.13. The highest BCUT2D eigenvalue weighted by Gasteiger charge is 2.15. The maximum absolute atomic E-state index is 11.6. The molecular formula is C17H23N3O2S. The number of carbonyl (C=O) groups excluding carboxylic acids is 1. The number of rotatable bonds is 6. The maximum Gasteiger partial charge on any atom is 0.407 e. The van der Waals surface area contributed by atoms with Gasteiger partial charge in [0.05, 0.1) is 5.51 Å². The number of aromatic nitrogens is 1. The third-order valence-corrected chi connectivity index (χ3v) is 3.75. The van der Waals surface area contributed by atoms with Crippen molar-refractivity contribution in [1.29, 1.82) is 0 Å². The fraction of sp³-hybridized carbons (Fsp3) is 0.412. The molecule has 0 radical (unpaired) electrons. The van der Waals surface area contributed by atoms with E-state index in [1.54, 1.807) is 11.3 Å². The van der Waals surface area contributed by atoms with Crippen LogP contribution in [-0.2, 0) is 24.4 Å². The van der Waals surface area contributed by atoms with E-state index < -0.39 is 11.7 Å². The molecule has 6 heteroatoms. The second kappa shape index (κ2) is 8.08. The quantitative estimate of drug-likeness (QED) is 0.850. The Kier molecular flexibility index (Phi) is 6.12. The largest absolute Gasteiger partial charge is 0.444 e. The van der Waals surface area contributed by atoms with Gasteiger partial charge < -0.3 is 15.4 Å². The highest BCUT2D eigenvalue weighted by Crippen LogP contribution is 2.09. The van der Waals surface area contributed by atoms with Gasteiger partial charge in [0.25, 0.3) is 0 Å². The van der Waals surface area contributed by atoms with Crippen LogP contribution in [-0.4, -0.2) is 16.7 Å². The second-order valence-corrected chi connectivity index (χ2v) is 7.21. The fourth-order valence-electron chi connectivity index (χ4n) is 1.92. The van der Waals surface area contributed by atoms with Crippen LogP contribution in [0.25, 0.3) is 0 Å². The molecule has 0 unspecified atom stereocenters. The van der Waals surface area contributed by atoms with Crippen LogP contribution < -0.4 is 10.6 Å². The van der Waals surface area contributed by atoms with Crippen LogP contribution >= 0.6 is 11.3 Å². The van der Waals surface area contributed by atoms with Gasteiger partial charge in [-0.05, 0) is 31.9 Å². The number of carbonyl (C=O) groups is 1. The lowest BCUT2D eigenvalue weighted by Gasteiger charge is -2.19. The van der Waals surface area contributed by atoms with Gasteiger partial charge in [-0.15, -0.1) is 11.3 Å². The first kappa shape index (κ1) is 17.4. The third-order valence-electron chi connectivity index (χ3n) is 2.97. The molecule has 1 aromatic heterocycles. The normalized spacial score (nSPS) is 11.3. The number of ether oxygens (including phenoxy) is 1. The zero-order valence-electron chi connectivity index (χ0n) is 13.8. The summed E-state index contributed by atoms with van der Waals surface area (Å²) in [5.41, 5.74) is 3.61. The van der Waals surface area contributed by atoms with E-state index in [1.807, 2.05) is 44.6 Å². The molecule has 0 fully saturated rings. The van der Waals surface area contributed by atoms with E-state index in [4.69, 9.17) is 4.74 Å². The van der Waals surface area contributed by atoms with Crippen molar-refractivity contribution < 1.29 is 9.53 Å². The van der Waals surface area contributed by atoms with Crippen molar-refractivity contribution in [3.8, 4) is 0 Å². The standard InChI is InChI=1S/C17H23N3O2S/c1-17(2,3)22-16(21)20-9-14-6-4-13(5-7-14)8-18-10-15-11-19-12-23-15/h4-7,11-12,18H,8-10H2,1-3H3,(H,20,21). The predicted molar refractivity (Wildman–Crippen MR) is 92.2 cm³/mol. The van der Waals surface area contributed by atoms with E-state index in [9.17, 15) is 4.79 Å². The van der Waals surface area contributed by atoms with Crippen LogP contribution in [0.1, 0.15) is 36.8 Å². The Hall–Kier alpha value is -1.92. The molecule has 23 heavy (non-hydrogen) atoms. The first-order valence-electron chi connectivity index (χ1n) is 7.55. The summed E-state index contributed by atoms with van der Waals surface area (Å²) in [5.74, 6) is 0. The molecule has 0 atom stereocenters. The molecule has 2 aromatic rings. The molecule has 0 spiro atoms. The minimum atomic E-state index is -0.475. The van der Waals surface area contributed by atoms with Crippen molar-refractivity contribution >= 4 is 17.4 Å². The molecule has 1 amide bonds. The number of thiazole rings is 1. The van der Waals surface area contributed by atoms with Gasteiger partial charge >= 0.3 is 6.09 Å². The van der Waals surface area contributed by atoms with E-state index in [0.717, 1.165) is 18.7 Å². The van der Waals surface area contributed by atoms with E-state index in [-0.39, 0.29) is 0 Å². The molecule has 2 N–H and O–H groups in total. The topological polar surface area (TPSA) is 63.2 Å². The highest BCUT2D eigenvalue weighted by atomic mass is 32.1. The fourth-order valence-corrected chi connectivity index (χ4v) is 2.49. The zero-order valence-corrected chi connectivity index (χ0v) is 14.6. The lowest BCUT2D eigenvalue weighted by Crippen LogP contribution is -2.32. The summed E-state index contributed by atoms with van der Waals surface area (Å²) >= 11 is 1.65. The van der Waals surface area contributed by atoms with E-state index in [1.165, 1.54) is 10.4 Å². The molecule has 5 nitrogen and oxygen atoms in total. The number of hydrogen-bond acceptors (Lipinski definition) is 5. The molecule has 2 rings (SSSR count). The number of hydrogen-bond donors (Lipinski definition) is 2. The predicted octanol–water partition coefficient (Wildman–Crippen LogP) is 3.46. The molecule has 0 saturated carbocycles. The van der Waals surface area contributed by atoms with Crippen molar-refractivity contribution in [3.63, 3.8) is 0 Å².